The number of aromatic nitrogens is 1. The third kappa shape index (κ3) is 5.08. The Morgan fingerprint density at radius 2 is 1.81 bits per heavy atom. The predicted octanol–water partition coefficient (Wildman–Crippen LogP) is 4.06. The Labute approximate surface area is 160 Å². The van der Waals surface area contributed by atoms with Crippen LogP contribution in [0.3, 0.4) is 0 Å². The number of primary amides is 1. The summed E-state index contributed by atoms with van der Waals surface area (Å²) in [5, 5.41) is 5.77. The SMILES string of the molecule is NC(=O)Nc1cccc(NC(=O)CCc2ncc(-c3ccccc3Cl)o2)c1. The van der Waals surface area contributed by atoms with Gasteiger partial charge in [0, 0.05) is 29.8 Å². The average molecular weight is 385 g/mol. The minimum absolute atomic E-state index is 0.190. The first-order chi connectivity index (χ1) is 13.0. The van der Waals surface area contributed by atoms with Crippen LogP contribution in [-0.4, -0.2) is 16.9 Å². The van der Waals surface area contributed by atoms with Crippen molar-refractivity contribution < 1.29 is 14.0 Å². The van der Waals surface area contributed by atoms with E-state index in [-0.39, 0.29) is 12.3 Å². The van der Waals surface area contributed by atoms with Crippen molar-refractivity contribution in [1.82, 2.24) is 4.98 Å². The van der Waals surface area contributed by atoms with Crippen LogP contribution in [0.2, 0.25) is 5.02 Å². The Hall–Kier alpha value is -3.32. The van der Waals surface area contributed by atoms with Crippen LogP contribution in [0.4, 0.5) is 16.2 Å². The molecule has 8 heteroatoms. The van der Waals surface area contributed by atoms with Crippen LogP contribution in [0.5, 0.6) is 0 Å². The fourth-order valence-corrected chi connectivity index (χ4v) is 2.70. The molecule has 0 spiro atoms. The van der Waals surface area contributed by atoms with Crippen molar-refractivity contribution in [1.29, 1.82) is 0 Å². The van der Waals surface area contributed by atoms with E-state index in [1.165, 1.54) is 0 Å². The number of hydrogen-bond acceptors (Lipinski definition) is 4. The lowest BCUT2D eigenvalue weighted by molar-refractivity contribution is -0.116. The van der Waals surface area contributed by atoms with E-state index >= 15 is 0 Å². The van der Waals surface area contributed by atoms with Crippen LogP contribution in [0.15, 0.2) is 59.1 Å². The fraction of sp³-hybridized carbons (Fsp3) is 0.105. The average Bonchev–Trinajstić information content (AvgIpc) is 3.09. The van der Waals surface area contributed by atoms with Gasteiger partial charge in [0.1, 0.15) is 0 Å². The number of urea groups is 1. The van der Waals surface area contributed by atoms with E-state index in [1.807, 2.05) is 18.2 Å². The minimum atomic E-state index is -0.670. The zero-order valence-electron chi connectivity index (χ0n) is 14.2. The van der Waals surface area contributed by atoms with Crippen molar-refractivity contribution in [3.8, 4) is 11.3 Å². The summed E-state index contributed by atoms with van der Waals surface area (Å²) in [6.07, 6.45) is 2.12. The van der Waals surface area contributed by atoms with Gasteiger partial charge in [-0.25, -0.2) is 9.78 Å². The van der Waals surface area contributed by atoms with Crippen molar-refractivity contribution in [3.05, 3.63) is 65.6 Å². The number of amides is 3. The molecule has 0 aliphatic heterocycles. The van der Waals surface area contributed by atoms with E-state index < -0.39 is 6.03 Å². The van der Waals surface area contributed by atoms with E-state index in [9.17, 15) is 9.59 Å². The molecule has 7 nitrogen and oxygen atoms in total. The van der Waals surface area contributed by atoms with Gasteiger partial charge in [0.25, 0.3) is 0 Å². The first-order valence-electron chi connectivity index (χ1n) is 8.17. The van der Waals surface area contributed by atoms with E-state index in [0.29, 0.717) is 34.5 Å². The van der Waals surface area contributed by atoms with Gasteiger partial charge in [-0.2, -0.15) is 0 Å². The summed E-state index contributed by atoms with van der Waals surface area (Å²) < 4.78 is 5.68. The Morgan fingerprint density at radius 3 is 2.56 bits per heavy atom. The molecule has 2 aromatic carbocycles. The molecule has 4 N–H and O–H groups in total. The molecule has 0 bridgehead atoms. The zero-order valence-corrected chi connectivity index (χ0v) is 15.0. The lowest BCUT2D eigenvalue weighted by Crippen LogP contribution is -2.19. The zero-order chi connectivity index (χ0) is 19.2. The third-order valence-corrected chi connectivity index (χ3v) is 4.00. The number of carbonyl (C=O) groups is 2. The summed E-state index contributed by atoms with van der Waals surface area (Å²) in [7, 11) is 0. The topological polar surface area (TPSA) is 110 Å². The number of rotatable bonds is 6. The second kappa shape index (κ2) is 8.37. The summed E-state index contributed by atoms with van der Waals surface area (Å²) in [5.41, 5.74) is 6.88. The van der Waals surface area contributed by atoms with Gasteiger partial charge in [0.05, 0.1) is 11.2 Å². The van der Waals surface area contributed by atoms with Crippen LogP contribution in [0, 0.1) is 0 Å². The number of nitrogens with zero attached hydrogens (tertiary/aromatic N) is 1. The quantitative estimate of drug-likeness (QED) is 0.595. The van der Waals surface area contributed by atoms with Crippen molar-refractivity contribution in [2.24, 2.45) is 5.73 Å². The van der Waals surface area contributed by atoms with Crippen molar-refractivity contribution in [2.75, 3.05) is 10.6 Å². The molecule has 3 amide bonds. The molecule has 0 aliphatic rings. The number of aryl methyl sites for hydroxylation is 1. The molecule has 0 unspecified atom stereocenters. The van der Waals surface area contributed by atoms with Gasteiger partial charge in [0.15, 0.2) is 11.7 Å². The van der Waals surface area contributed by atoms with Crippen molar-refractivity contribution in [3.63, 3.8) is 0 Å². The molecule has 0 radical (unpaired) electrons. The van der Waals surface area contributed by atoms with Crippen molar-refractivity contribution in [2.45, 2.75) is 12.8 Å². The molecule has 0 atom stereocenters. The number of nitrogens with two attached hydrogens (primary N) is 1. The minimum Gasteiger partial charge on any atom is -0.441 e. The maximum atomic E-state index is 12.1. The molecule has 3 aromatic rings. The smallest absolute Gasteiger partial charge is 0.316 e. The molecule has 1 heterocycles. The number of benzene rings is 2. The van der Waals surface area contributed by atoms with Crippen LogP contribution in [0.25, 0.3) is 11.3 Å². The first-order valence-corrected chi connectivity index (χ1v) is 8.55. The van der Waals surface area contributed by atoms with Crippen molar-refractivity contribution >= 4 is 34.9 Å². The van der Waals surface area contributed by atoms with Crippen LogP contribution in [-0.2, 0) is 11.2 Å². The van der Waals surface area contributed by atoms with E-state index in [1.54, 1.807) is 36.5 Å². The number of nitrogens with one attached hydrogen (secondary N) is 2. The molecular formula is C19H17ClN4O3. The number of carbonyl (C=O) groups excluding carboxylic acids is 2. The summed E-state index contributed by atoms with van der Waals surface area (Å²) >= 11 is 6.14. The summed E-state index contributed by atoms with van der Waals surface area (Å²) in [6, 6.07) is 13.3. The van der Waals surface area contributed by atoms with Gasteiger partial charge in [0.2, 0.25) is 5.91 Å². The Bertz CT molecular complexity index is 971. The molecule has 0 saturated carbocycles. The second-order valence-electron chi connectivity index (χ2n) is 5.72. The monoisotopic (exact) mass is 384 g/mol. The highest BCUT2D eigenvalue weighted by atomic mass is 35.5. The van der Waals surface area contributed by atoms with Gasteiger partial charge in [-0.1, -0.05) is 29.8 Å². The largest absolute Gasteiger partial charge is 0.441 e. The fourth-order valence-electron chi connectivity index (χ4n) is 2.47. The van der Waals surface area contributed by atoms with Gasteiger partial charge >= 0.3 is 6.03 Å². The molecule has 0 aliphatic carbocycles. The second-order valence-corrected chi connectivity index (χ2v) is 6.12. The first kappa shape index (κ1) is 18.5. The molecule has 138 valence electrons. The Morgan fingerprint density at radius 1 is 1.07 bits per heavy atom. The molecule has 3 rings (SSSR count). The maximum Gasteiger partial charge on any atom is 0.316 e. The van der Waals surface area contributed by atoms with Crippen LogP contribution < -0.4 is 16.4 Å². The normalized spacial score (nSPS) is 10.4. The summed E-state index contributed by atoms with van der Waals surface area (Å²) in [6.45, 7) is 0. The molecule has 0 saturated heterocycles. The highest BCUT2D eigenvalue weighted by Crippen LogP contribution is 2.28. The lowest BCUT2D eigenvalue weighted by Gasteiger charge is -2.07. The molecule has 1 aromatic heterocycles. The Kier molecular flexibility index (Phi) is 5.73. The molecule has 0 fully saturated rings. The third-order valence-electron chi connectivity index (χ3n) is 3.67. The van der Waals surface area contributed by atoms with Gasteiger partial charge in [-0.05, 0) is 30.3 Å². The highest BCUT2D eigenvalue weighted by molar-refractivity contribution is 6.33. The van der Waals surface area contributed by atoms with Crippen LogP contribution in [0.1, 0.15) is 12.3 Å². The van der Waals surface area contributed by atoms with Gasteiger partial charge in [-0.15, -0.1) is 0 Å². The van der Waals surface area contributed by atoms with Crippen LogP contribution >= 0.6 is 11.6 Å². The maximum absolute atomic E-state index is 12.1. The van der Waals surface area contributed by atoms with E-state index in [2.05, 4.69) is 15.6 Å². The summed E-state index contributed by atoms with van der Waals surface area (Å²) in [4.78, 5) is 27.2. The summed E-state index contributed by atoms with van der Waals surface area (Å²) in [5.74, 6) is 0.800. The Balaban J connectivity index is 1.57. The number of hydrogen-bond donors (Lipinski definition) is 3. The van der Waals surface area contributed by atoms with E-state index in [0.717, 1.165) is 5.56 Å². The standard InChI is InChI=1S/C19H17ClN4O3/c20-15-7-2-1-6-14(15)16-11-22-18(27-16)9-8-17(25)23-12-4-3-5-13(10-12)24-19(21)26/h1-7,10-11H,8-9H2,(H,23,25)(H3,21,24,26). The van der Waals surface area contributed by atoms with Gasteiger partial charge < -0.3 is 20.8 Å². The lowest BCUT2D eigenvalue weighted by atomic mass is 10.2. The highest BCUT2D eigenvalue weighted by Gasteiger charge is 2.11. The number of oxazole rings is 1. The number of halogens is 1. The molecule has 27 heavy (non-hydrogen) atoms. The van der Waals surface area contributed by atoms with Gasteiger partial charge in [-0.3, -0.25) is 4.79 Å². The van der Waals surface area contributed by atoms with E-state index in [4.69, 9.17) is 21.8 Å². The predicted molar refractivity (Wildman–Crippen MR) is 104 cm³/mol. The molecular weight excluding hydrogens is 368 g/mol. The number of anilines is 2.